The SMILES string of the molecule is Brc1ccc(CNCCN2CCNCC2)cc1. The average molecular weight is 298 g/mol. The van der Waals surface area contributed by atoms with Crippen molar-refractivity contribution in [2.45, 2.75) is 6.54 Å². The number of halogens is 1. The number of benzene rings is 1. The molecule has 1 saturated heterocycles. The molecule has 0 radical (unpaired) electrons. The highest BCUT2D eigenvalue weighted by Crippen LogP contribution is 2.10. The third-order valence-corrected chi connectivity index (χ3v) is 3.59. The third-order valence-electron chi connectivity index (χ3n) is 3.06. The van der Waals surface area contributed by atoms with E-state index in [0.29, 0.717) is 0 Å². The summed E-state index contributed by atoms with van der Waals surface area (Å²) in [5.74, 6) is 0. The fourth-order valence-electron chi connectivity index (χ4n) is 2.01. The van der Waals surface area contributed by atoms with E-state index in [0.717, 1.165) is 37.2 Å². The van der Waals surface area contributed by atoms with Crippen LogP contribution in [-0.2, 0) is 6.54 Å². The topological polar surface area (TPSA) is 27.3 Å². The van der Waals surface area contributed by atoms with E-state index in [4.69, 9.17) is 0 Å². The lowest BCUT2D eigenvalue weighted by molar-refractivity contribution is 0.241. The highest BCUT2D eigenvalue weighted by Gasteiger charge is 2.07. The molecule has 17 heavy (non-hydrogen) atoms. The highest BCUT2D eigenvalue weighted by atomic mass is 79.9. The summed E-state index contributed by atoms with van der Waals surface area (Å²) in [4.78, 5) is 2.51. The number of nitrogens with one attached hydrogen (secondary N) is 2. The summed E-state index contributed by atoms with van der Waals surface area (Å²) < 4.78 is 1.14. The van der Waals surface area contributed by atoms with Gasteiger partial charge in [0.1, 0.15) is 0 Å². The van der Waals surface area contributed by atoms with Gasteiger partial charge in [-0.15, -0.1) is 0 Å². The zero-order valence-electron chi connectivity index (χ0n) is 10.1. The second-order valence-electron chi connectivity index (χ2n) is 4.39. The van der Waals surface area contributed by atoms with Gasteiger partial charge in [-0.2, -0.15) is 0 Å². The van der Waals surface area contributed by atoms with Crippen molar-refractivity contribution in [1.29, 1.82) is 0 Å². The maximum Gasteiger partial charge on any atom is 0.0206 e. The van der Waals surface area contributed by atoms with E-state index in [2.05, 4.69) is 55.7 Å². The summed E-state index contributed by atoms with van der Waals surface area (Å²) in [5, 5.41) is 6.86. The second-order valence-corrected chi connectivity index (χ2v) is 5.31. The Balaban J connectivity index is 1.60. The molecule has 1 fully saturated rings. The lowest BCUT2D eigenvalue weighted by Crippen LogP contribution is -2.45. The Morgan fingerprint density at radius 2 is 1.88 bits per heavy atom. The van der Waals surface area contributed by atoms with Gasteiger partial charge in [0.25, 0.3) is 0 Å². The van der Waals surface area contributed by atoms with Crippen molar-refractivity contribution in [2.24, 2.45) is 0 Å². The van der Waals surface area contributed by atoms with E-state index < -0.39 is 0 Å². The molecule has 0 aliphatic carbocycles. The Kier molecular flexibility index (Phi) is 5.45. The lowest BCUT2D eigenvalue weighted by atomic mass is 10.2. The summed E-state index contributed by atoms with van der Waals surface area (Å²) in [6, 6.07) is 8.49. The number of rotatable bonds is 5. The van der Waals surface area contributed by atoms with Gasteiger partial charge < -0.3 is 10.6 Å². The summed E-state index contributed by atoms with van der Waals surface area (Å²) in [5.41, 5.74) is 1.34. The van der Waals surface area contributed by atoms with Crippen molar-refractivity contribution >= 4 is 15.9 Å². The molecule has 0 bridgehead atoms. The van der Waals surface area contributed by atoms with Gasteiger partial charge in [0.05, 0.1) is 0 Å². The molecule has 1 aromatic rings. The number of hydrogen-bond donors (Lipinski definition) is 2. The first-order valence-corrected chi connectivity index (χ1v) is 7.02. The molecule has 0 atom stereocenters. The highest BCUT2D eigenvalue weighted by molar-refractivity contribution is 9.10. The molecule has 1 aromatic carbocycles. The van der Waals surface area contributed by atoms with Crippen LogP contribution in [0, 0.1) is 0 Å². The first-order chi connectivity index (χ1) is 8.34. The van der Waals surface area contributed by atoms with Crippen LogP contribution >= 0.6 is 15.9 Å². The number of piperazine rings is 1. The quantitative estimate of drug-likeness (QED) is 0.806. The molecule has 0 unspecified atom stereocenters. The molecule has 1 aliphatic rings. The molecule has 0 aromatic heterocycles. The van der Waals surface area contributed by atoms with Crippen molar-refractivity contribution in [3.8, 4) is 0 Å². The smallest absolute Gasteiger partial charge is 0.0206 e. The molecule has 0 saturated carbocycles. The van der Waals surface area contributed by atoms with E-state index in [1.54, 1.807) is 0 Å². The van der Waals surface area contributed by atoms with Crippen LogP contribution in [-0.4, -0.2) is 44.2 Å². The van der Waals surface area contributed by atoms with Crippen LogP contribution in [0.4, 0.5) is 0 Å². The number of nitrogens with zero attached hydrogens (tertiary/aromatic N) is 1. The van der Waals surface area contributed by atoms with Crippen LogP contribution in [0.2, 0.25) is 0 Å². The molecule has 0 spiro atoms. The largest absolute Gasteiger partial charge is 0.314 e. The first-order valence-electron chi connectivity index (χ1n) is 6.23. The van der Waals surface area contributed by atoms with Gasteiger partial charge in [-0.1, -0.05) is 28.1 Å². The lowest BCUT2D eigenvalue weighted by Gasteiger charge is -2.27. The fraction of sp³-hybridized carbons (Fsp3) is 0.538. The van der Waals surface area contributed by atoms with Crippen LogP contribution in [0.15, 0.2) is 28.7 Å². The second kappa shape index (κ2) is 7.11. The molecule has 4 heteroatoms. The summed E-state index contributed by atoms with van der Waals surface area (Å²) >= 11 is 3.45. The maximum absolute atomic E-state index is 3.49. The predicted octanol–water partition coefficient (Wildman–Crippen LogP) is 1.44. The monoisotopic (exact) mass is 297 g/mol. The van der Waals surface area contributed by atoms with Crippen molar-refractivity contribution in [1.82, 2.24) is 15.5 Å². The van der Waals surface area contributed by atoms with Gasteiger partial charge in [0.15, 0.2) is 0 Å². The Labute approximate surface area is 112 Å². The predicted molar refractivity (Wildman–Crippen MR) is 75.2 cm³/mol. The molecular formula is C13H20BrN3. The van der Waals surface area contributed by atoms with Gasteiger partial charge in [-0.25, -0.2) is 0 Å². The third kappa shape index (κ3) is 4.76. The maximum atomic E-state index is 3.49. The molecule has 1 aliphatic heterocycles. The van der Waals surface area contributed by atoms with Crippen LogP contribution in [0.1, 0.15) is 5.56 Å². The van der Waals surface area contributed by atoms with E-state index in [9.17, 15) is 0 Å². The van der Waals surface area contributed by atoms with Crippen molar-refractivity contribution in [3.05, 3.63) is 34.3 Å². The molecule has 94 valence electrons. The van der Waals surface area contributed by atoms with E-state index in [-0.39, 0.29) is 0 Å². The van der Waals surface area contributed by atoms with Gasteiger partial charge in [-0.05, 0) is 17.7 Å². The molecule has 0 amide bonds. The Morgan fingerprint density at radius 3 is 2.59 bits per heavy atom. The minimum Gasteiger partial charge on any atom is -0.314 e. The van der Waals surface area contributed by atoms with Crippen molar-refractivity contribution in [2.75, 3.05) is 39.3 Å². The Morgan fingerprint density at radius 1 is 1.18 bits per heavy atom. The average Bonchev–Trinajstić information content (AvgIpc) is 2.38. The van der Waals surface area contributed by atoms with Gasteiger partial charge in [0, 0.05) is 50.3 Å². The zero-order valence-corrected chi connectivity index (χ0v) is 11.7. The Hall–Kier alpha value is -0.420. The first kappa shape index (κ1) is 13.0. The molecular weight excluding hydrogens is 278 g/mol. The van der Waals surface area contributed by atoms with Crippen molar-refractivity contribution < 1.29 is 0 Å². The van der Waals surface area contributed by atoms with Gasteiger partial charge >= 0.3 is 0 Å². The van der Waals surface area contributed by atoms with Crippen molar-refractivity contribution in [3.63, 3.8) is 0 Å². The van der Waals surface area contributed by atoms with Crippen LogP contribution in [0.3, 0.4) is 0 Å². The van der Waals surface area contributed by atoms with Gasteiger partial charge in [0.2, 0.25) is 0 Å². The minimum absolute atomic E-state index is 0.958. The summed E-state index contributed by atoms with van der Waals surface area (Å²) in [6.45, 7) is 7.80. The van der Waals surface area contributed by atoms with E-state index in [1.165, 1.54) is 18.7 Å². The van der Waals surface area contributed by atoms with Crippen LogP contribution < -0.4 is 10.6 Å². The molecule has 1 heterocycles. The van der Waals surface area contributed by atoms with Crippen LogP contribution in [0.25, 0.3) is 0 Å². The molecule has 2 rings (SSSR count). The standard InChI is InChI=1S/C13H20BrN3/c14-13-3-1-12(2-4-13)11-16-7-10-17-8-5-15-6-9-17/h1-4,15-16H,5-11H2. The molecule has 3 nitrogen and oxygen atoms in total. The normalized spacial score (nSPS) is 17.2. The molecule has 2 N–H and O–H groups in total. The fourth-order valence-corrected chi connectivity index (χ4v) is 2.27. The van der Waals surface area contributed by atoms with Gasteiger partial charge in [-0.3, -0.25) is 4.90 Å². The minimum atomic E-state index is 0.958. The number of hydrogen-bond acceptors (Lipinski definition) is 3. The zero-order chi connectivity index (χ0) is 11.9. The van der Waals surface area contributed by atoms with E-state index >= 15 is 0 Å². The summed E-state index contributed by atoms with van der Waals surface area (Å²) in [6.07, 6.45) is 0. The van der Waals surface area contributed by atoms with E-state index in [1.807, 2.05) is 0 Å². The van der Waals surface area contributed by atoms with Crippen LogP contribution in [0.5, 0.6) is 0 Å². The Bertz CT molecular complexity index is 320. The summed E-state index contributed by atoms with van der Waals surface area (Å²) in [7, 11) is 0.